The molecule has 1 heterocycles. The zero-order chi connectivity index (χ0) is 11.3. The van der Waals surface area contributed by atoms with E-state index in [1.807, 2.05) is 0 Å². The summed E-state index contributed by atoms with van der Waals surface area (Å²) in [4.78, 5) is 11.2. The maximum absolute atomic E-state index is 11.2. The van der Waals surface area contributed by atoms with Gasteiger partial charge in [-0.3, -0.25) is 4.79 Å². The van der Waals surface area contributed by atoms with Crippen LogP contribution in [0.5, 0.6) is 0 Å². The quantitative estimate of drug-likeness (QED) is 0.654. The maximum Gasteiger partial charge on any atom is 0.309 e. The van der Waals surface area contributed by atoms with Crippen molar-refractivity contribution in [3.05, 3.63) is 0 Å². The molecule has 0 aromatic carbocycles. The van der Waals surface area contributed by atoms with Gasteiger partial charge in [-0.2, -0.15) is 5.26 Å². The average molecular weight is 213 g/mol. The van der Waals surface area contributed by atoms with E-state index >= 15 is 0 Å². The van der Waals surface area contributed by atoms with Crippen molar-refractivity contribution < 1.29 is 19.0 Å². The summed E-state index contributed by atoms with van der Waals surface area (Å²) >= 11 is 0. The van der Waals surface area contributed by atoms with Crippen LogP contribution in [0.25, 0.3) is 0 Å². The van der Waals surface area contributed by atoms with Gasteiger partial charge < -0.3 is 14.2 Å². The van der Waals surface area contributed by atoms with Gasteiger partial charge >= 0.3 is 5.97 Å². The van der Waals surface area contributed by atoms with Gasteiger partial charge in [0.15, 0.2) is 12.4 Å². The van der Waals surface area contributed by atoms with E-state index in [4.69, 9.17) is 14.7 Å². The first-order valence-corrected chi connectivity index (χ1v) is 4.88. The fourth-order valence-corrected chi connectivity index (χ4v) is 1.43. The highest BCUT2D eigenvalue weighted by molar-refractivity contribution is 5.70. The number of nitriles is 1. The zero-order valence-corrected chi connectivity index (χ0v) is 8.99. The predicted molar refractivity (Wildman–Crippen MR) is 50.7 cm³/mol. The van der Waals surface area contributed by atoms with Crippen molar-refractivity contribution in [3.8, 4) is 6.07 Å². The fraction of sp³-hybridized carbons (Fsp3) is 0.800. The number of hydrogen-bond acceptors (Lipinski definition) is 5. The summed E-state index contributed by atoms with van der Waals surface area (Å²) in [7, 11) is 0. The van der Waals surface area contributed by atoms with Crippen LogP contribution in [0.2, 0.25) is 0 Å². The Kier molecular flexibility index (Phi) is 4.06. The van der Waals surface area contributed by atoms with E-state index in [0.717, 1.165) is 0 Å². The predicted octanol–water partition coefficient (Wildman–Crippen LogP) is 0.985. The fourth-order valence-electron chi connectivity index (χ4n) is 1.43. The lowest BCUT2D eigenvalue weighted by Gasteiger charge is -2.35. The molecule has 0 N–H and O–H groups in total. The second-order valence-electron chi connectivity index (χ2n) is 3.80. The van der Waals surface area contributed by atoms with Crippen molar-refractivity contribution in [1.82, 2.24) is 0 Å². The minimum atomic E-state index is -0.640. The SMILES string of the molecule is CC1(C)OCCC(CC(=O)OCC#N)O1. The normalized spacial score (nSPS) is 24.2. The molecule has 0 aromatic rings. The number of rotatable bonds is 3. The number of nitrogens with zero attached hydrogens (tertiary/aromatic N) is 1. The molecule has 15 heavy (non-hydrogen) atoms. The molecule has 0 bridgehead atoms. The summed E-state index contributed by atoms with van der Waals surface area (Å²) in [5.74, 6) is -1.04. The van der Waals surface area contributed by atoms with Gasteiger partial charge in [0.2, 0.25) is 0 Å². The van der Waals surface area contributed by atoms with Crippen LogP contribution in [0.1, 0.15) is 26.7 Å². The van der Waals surface area contributed by atoms with Crippen LogP contribution in [0.3, 0.4) is 0 Å². The standard InChI is InChI=1S/C10H15NO4/c1-10(2)14-5-3-8(15-10)7-9(12)13-6-4-11/h8H,3,5-7H2,1-2H3. The van der Waals surface area contributed by atoms with Gasteiger partial charge in [0.25, 0.3) is 0 Å². The van der Waals surface area contributed by atoms with Crippen LogP contribution < -0.4 is 0 Å². The Morgan fingerprint density at radius 2 is 2.40 bits per heavy atom. The van der Waals surface area contributed by atoms with E-state index in [0.29, 0.717) is 13.0 Å². The van der Waals surface area contributed by atoms with Crippen LogP contribution in [0.15, 0.2) is 0 Å². The Balaban J connectivity index is 2.32. The molecule has 1 saturated heterocycles. The first kappa shape index (κ1) is 12.0. The summed E-state index contributed by atoms with van der Waals surface area (Å²) in [6, 6.07) is 1.74. The molecule has 5 nitrogen and oxygen atoms in total. The summed E-state index contributed by atoms with van der Waals surface area (Å²) in [5, 5.41) is 8.23. The summed E-state index contributed by atoms with van der Waals surface area (Å²) in [5.41, 5.74) is 0. The molecule has 0 radical (unpaired) electrons. The third kappa shape index (κ3) is 4.28. The van der Waals surface area contributed by atoms with Crippen LogP contribution in [-0.4, -0.2) is 31.1 Å². The Labute approximate surface area is 88.9 Å². The number of ether oxygens (including phenoxy) is 3. The van der Waals surface area contributed by atoms with Gasteiger partial charge in [-0.15, -0.1) is 0 Å². The summed E-state index contributed by atoms with van der Waals surface area (Å²) in [6.45, 7) is 3.98. The Bertz CT molecular complexity index is 269. The molecular weight excluding hydrogens is 198 g/mol. The van der Waals surface area contributed by atoms with Crippen molar-refractivity contribution >= 4 is 5.97 Å². The monoisotopic (exact) mass is 213 g/mol. The van der Waals surface area contributed by atoms with Crippen molar-refractivity contribution in [1.29, 1.82) is 5.26 Å². The second kappa shape index (κ2) is 5.10. The zero-order valence-electron chi connectivity index (χ0n) is 8.99. The third-order valence-electron chi connectivity index (χ3n) is 2.03. The lowest BCUT2D eigenvalue weighted by molar-refractivity contribution is -0.273. The molecule has 84 valence electrons. The summed E-state index contributed by atoms with van der Waals surface area (Å²) in [6.07, 6.45) is 0.666. The number of carbonyl (C=O) groups excluding carboxylic acids is 1. The molecule has 0 spiro atoms. The van der Waals surface area contributed by atoms with Gasteiger partial charge in [0.05, 0.1) is 19.1 Å². The number of esters is 1. The topological polar surface area (TPSA) is 68.5 Å². The molecule has 0 aliphatic carbocycles. The maximum atomic E-state index is 11.2. The van der Waals surface area contributed by atoms with Crippen LogP contribution in [0.4, 0.5) is 0 Å². The number of hydrogen-bond donors (Lipinski definition) is 0. The van der Waals surface area contributed by atoms with Gasteiger partial charge in [-0.1, -0.05) is 0 Å². The minimum absolute atomic E-state index is 0.175. The van der Waals surface area contributed by atoms with E-state index < -0.39 is 11.8 Å². The summed E-state index contributed by atoms with van der Waals surface area (Å²) < 4.78 is 15.5. The van der Waals surface area contributed by atoms with Gasteiger partial charge in [0.1, 0.15) is 6.07 Å². The highest BCUT2D eigenvalue weighted by Gasteiger charge is 2.30. The van der Waals surface area contributed by atoms with E-state index in [9.17, 15) is 4.79 Å². The van der Waals surface area contributed by atoms with E-state index in [1.165, 1.54) is 0 Å². The Hall–Kier alpha value is -1.12. The molecule has 1 aliphatic heterocycles. The molecule has 0 amide bonds. The molecular formula is C10H15NO4. The molecule has 0 saturated carbocycles. The lowest BCUT2D eigenvalue weighted by Crippen LogP contribution is -2.40. The van der Waals surface area contributed by atoms with Crippen LogP contribution in [-0.2, 0) is 19.0 Å². The van der Waals surface area contributed by atoms with Gasteiger partial charge in [-0.25, -0.2) is 0 Å². The van der Waals surface area contributed by atoms with Crippen LogP contribution in [0, 0.1) is 11.3 Å². The largest absolute Gasteiger partial charge is 0.450 e. The van der Waals surface area contributed by atoms with Crippen molar-refractivity contribution in [2.24, 2.45) is 0 Å². The van der Waals surface area contributed by atoms with Crippen molar-refractivity contribution in [3.63, 3.8) is 0 Å². The smallest absolute Gasteiger partial charge is 0.309 e. The number of carbonyl (C=O) groups is 1. The highest BCUT2D eigenvalue weighted by atomic mass is 16.7. The molecule has 1 unspecified atom stereocenters. The van der Waals surface area contributed by atoms with Gasteiger partial charge in [-0.05, 0) is 20.3 Å². The molecule has 1 atom stereocenters. The first-order chi connectivity index (χ1) is 7.03. The lowest BCUT2D eigenvalue weighted by atomic mass is 10.1. The van der Waals surface area contributed by atoms with E-state index in [2.05, 4.69) is 4.74 Å². The molecule has 5 heteroatoms. The van der Waals surface area contributed by atoms with E-state index in [-0.39, 0.29) is 19.1 Å². The molecule has 0 aromatic heterocycles. The first-order valence-electron chi connectivity index (χ1n) is 4.88. The van der Waals surface area contributed by atoms with Crippen molar-refractivity contribution in [2.75, 3.05) is 13.2 Å². The van der Waals surface area contributed by atoms with Crippen molar-refractivity contribution in [2.45, 2.75) is 38.6 Å². The van der Waals surface area contributed by atoms with Gasteiger partial charge in [0, 0.05) is 0 Å². The molecule has 1 aliphatic rings. The Morgan fingerprint density at radius 3 is 3.00 bits per heavy atom. The van der Waals surface area contributed by atoms with E-state index in [1.54, 1.807) is 19.9 Å². The van der Waals surface area contributed by atoms with Crippen LogP contribution >= 0.6 is 0 Å². The minimum Gasteiger partial charge on any atom is -0.450 e. The Morgan fingerprint density at radius 1 is 1.67 bits per heavy atom. The second-order valence-corrected chi connectivity index (χ2v) is 3.80. The molecule has 1 rings (SSSR count). The average Bonchev–Trinajstić information content (AvgIpc) is 2.13. The highest BCUT2D eigenvalue weighted by Crippen LogP contribution is 2.23. The third-order valence-corrected chi connectivity index (χ3v) is 2.03. The molecule has 1 fully saturated rings.